The molecule has 2 atom stereocenters. The van der Waals surface area contributed by atoms with Crippen LogP contribution in [0.2, 0.25) is 0 Å². The number of carboxylic acids is 2. The van der Waals surface area contributed by atoms with Gasteiger partial charge in [0.25, 0.3) is 5.69 Å². The predicted octanol–water partition coefficient (Wildman–Crippen LogP) is 1.40. The van der Waals surface area contributed by atoms with Crippen LogP contribution >= 0.6 is 0 Å². The maximum absolute atomic E-state index is 11.3. The molecule has 0 fully saturated rings. The summed E-state index contributed by atoms with van der Waals surface area (Å²) in [6, 6.07) is 7.64. The molecule has 2 aromatic carbocycles. The molecule has 2 rings (SSSR count). The Morgan fingerprint density at radius 2 is 1.70 bits per heavy atom. The van der Waals surface area contributed by atoms with Gasteiger partial charge >= 0.3 is 11.9 Å². The standard InChI is InChI=1S/C15H14N2O6/c16-13(15(20)21)11(14(18)19)7-8-5-6-12(17(22)23)10-4-2-1-3-9(8)10/h1-6,11,13H,7,16H2,(H,18,19)(H,20,21)/t11-,13+/m1/s1. The Kier molecular flexibility index (Phi) is 4.56. The fourth-order valence-corrected chi connectivity index (χ4v) is 2.46. The minimum Gasteiger partial charge on any atom is -0.481 e. The molecule has 0 spiro atoms. The fraction of sp³-hybridized carbons (Fsp3) is 0.200. The number of nitro groups is 1. The van der Waals surface area contributed by atoms with Gasteiger partial charge in [0, 0.05) is 6.07 Å². The van der Waals surface area contributed by atoms with E-state index in [0.29, 0.717) is 16.3 Å². The van der Waals surface area contributed by atoms with Gasteiger partial charge in [-0.25, -0.2) is 0 Å². The average molecular weight is 318 g/mol. The maximum Gasteiger partial charge on any atom is 0.321 e. The van der Waals surface area contributed by atoms with Crippen molar-refractivity contribution in [3.05, 3.63) is 52.1 Å². The van der Waals surface area contributed by atoms with Gasteiger partial charge in [-0.05, 0) is 23.4 Å². The first-order valence-electron chi connectivity index (χ1n) is 6.69. The number of carbonyl (C=O) groups is 2. The lowest BCUT2D eigenvalue weighted by molar-refractivity contribution is -0.383. The second kappa shape index (κ2) is 6.41. The predicted molar refractivity (Wildman–Crippen MR) is 81.0 cm³/mol. The van der Waals surface area contributed by atoms with E-state index in [2.05, 4.69) is 0 Å². The molecule has 0 aliphatic carbocycles. The smallest absolute Gasteiger partial charge is 0.321 e. The summed E-state index contributed by atoms with van der Waals surface area (Å²) < 4.78 is 0. The lowest BCUT2D eigenvalue weighted by Crippen LogP contribution is -2.43. The van der Waals surface area contributed by atoms with Crippen molar-refractivity contribution >= 4 is 28.4 Å². The highest BCUT2D eigenvalue weighted by atomic mass is 16.6. The molecule has 4 N–H and O–H groups in total. The molecule has 0 saturated carbocycles. The summed E-state index contributed by atoms with van der Waals surface area (Å²) in [5.41, 5.74) is 5.84. The van der Waals surface area contributed by atoms with Crippen molar-refractivity contribution in [3.8, 4) is 0 Å². The minimum absolute atomic E-state index is 0.0984. The number of nitro benzene ring substituents is 1. The third-order valence-electron chi connectivity index (χ3n) is 3.66. The Balaban J connectivity index is 2.52. The molecule has 23 heavy (non-hydrogen) atoms. The Bertz CT molecular complexity index is 789. The van der Waals surface area contributed by atoms with E-state index in [-0.39, 0.29) is 12.1 Å². The molecule has 2 aromatic rings. The Morgan fingerprint density at radius 3 is 2.22 bits per heavy atom. The molecule has 0 aliphatic rings. The molecule has 8 heteroatoms. The zero-order valence-corrected chi connectivity index (χ0v) is 11.9. The summed E-state index contributed by atoms with van der Waals surface area (Å²) in [7, 11) is 0. The third kappa shape index (κ3) is 3.27. The molecule has 0 radical (unpaired) electrons. The normalized spacial score (nSPS) is 13.4. The van der Waals surface area contributed by atoms with Crippen LogP contribution in [0.3, 0.4) is 0 Å². The number of hydrogen-bond acceptors (Lipinski definition) is 5. The fourth-order valence-electron chi connectivity index (χ4n) is 2.46. The van der Waals surface area contributed by atoms with Gasteiger partial charge in [-0.2, -0.15) is 0 Å². The summed E-state index contributed by atoms with van der Waals surface area (Å²) in [5.74, 6) is -4.08. The highest BCUT2D eigenvalue weighted by molar-refractivity contribution is 5.94. The molecule has 0 unspecified atom stereocenters. The lowest BCUT2D eigenvalue weighted by Gasteiger charge is -2.17. The van der Waals surface area contributed by atoms with E-state index >= 15 is 0 Å². The summed E-state index contributed by atoms with van der Waals surface area (Å²) in [5, 5.41) is 30.1. The maximum atomic E-state index is 11.3. The summed E-state index contributed by atoms with van der Waals surface area (Å²) in [6.45, 7) is 0. The number of aliphatic carboxylic acids is 2. The van der Waals surface area contributed by atoms with Crippen LogP contribution in [0.15, 0.2) is 36.4 Å². The first-order chi connectivity index (χ1) is 10.8. The van der Waals surface area contributed by atoms with E-state index in [1.807, 2.05) is 0 Å². The van der Waals surface area contributed by atoms with E-state index < -0.39 is 28.8 Å². The van der Waals surface area contributed by atoms with Gasteiger partial charge in [0.05, 0.1) is 16.2 Å². The van der Waals surface area contributed by atoms with Gasteiger partial charge in [0.15, 0.2) is 0 Å². The van der Waals surface area contributed by atoms with E-state index in [1.165, 1.54) is 12.1 Å². The number of hydrogen-bond donors (Lipinski definition) is 3. The second-order valence-electron chi connectivity index (χ2n) is 5.06. The topological polar surface area (TPSA) is 144 Å². The van der Waals surface area contributed by atoms with Crippen molar-refractivity contribution in [3.63, 3.8) is 0 Å². The first kappa shape index (κ1) is 16.4. The number of nitrogens with two attached hydrogens (primary N) is 1. The van der Waals surface area contributed by atoms with Crippen molar-refractivity contribution in [2.24, 2.45) is 11.7 Å². The van der Waals surface area contributed by atoms with E-state index in [4.69, 9.17) is 10.8 Å². The molecule has 0 bridgehead atoms. The van der Waals surface area contributed by atoms with E-state index in [0.717, 1.165) is 0 Å². The Labute approximate surface area is 130 Å². The van der Waals surface area contributed by atoms with Crippen molar-refractivity contribution in [1.82, 2.24) is 0 Å². The van der Waals surface area contributed by atoms with Crippen molar-refractivity contribution in [1.29, 1.82) is 0 Å². The number of rotatable bonds is 6. The van der Waals surface area contributed by atoms with Crippen LogP contribution in [0.25, 0.3) is 10.8 Å². The van der Waals surface area contributed by atoms with Crippen LogP contribution in [0.5, 0.6) is 0 Å². The number of benzene rings is 2. The molecule has 8 nitrogen and oxygen atoms in total. The van der Waals surface area contributed by atoms with Crippen LogP contribution in [-0.4, -0.2) is 33.1 Å². The largest absolute Gasteiger partial charge is 0.481 e. The Morgan fingerprint density at radius 1 is 1.09 bits per heavy atom. The van der Waals surface area contributed by atoms with Crippen molar-refractivity contribution in [2.75, 3.05) is 0 Å². The molecule has 0 saturated heterocycles. The SMILES string of the molecule is N[C@H](C(=O)O)[C@@H](Cc1ccc([N+](=O)[O-])c2ccccc12)C(=O)O. The molecule has 120 valence electrons. The van der Waals surface area contributed by atoms with Gasteiger partial charge in [0.2, 0.25) is 0 Å². The first-order valence-corrected chi connectivity index (χ1v) is 6.69. The van der Waals surface area contributed by atoms with Gasteiger partial charge in [-0.15, -0.1) is 0 Å². The summed E-state index contributed by atoms with van der Waals surface area (Å²) in [4.78, 5) is 32.8. The average Bonchev–Trinajstić information content (AvgIpc) is 2.51. The highest BCUT2D eigenvalue weighted by Crippen LogP contribution is 2.30. The van der Waals surface area contributed by atoms with E-state index in [9.17, 15) is 24.8 Å². The minimum atomic E-state index is -1.57. The molecular weight excluding hydrogens is 304 g/mol. The van der Waals surface area contributed by atoms with Crippen LogP contribution in [0.1, 0.15) is 5.56 Å². The van der Waals surface area contributed by atoms with Crippen LogP contribution in [-0.2, 0) is 16.0 Å². The van der Waals surface area contributed by atoms with Gasteiger partial charge in [-0.1, -0.05) is 24.3 Å². The number of nitrogens with zero attached hydrogens (tertiary/aromatic N) is 1. The molecular formula is C15H14N2O6. The van der Waals surface area contributed by atoms with Gasteiger partial charge in [0.1, 0.15) is 6.04 Å². The second-order valence-corrected chi connectivity index (χ2v) is 5.06. The Hall–Kier alpha value is -3.00. The van der Waals surface area contributed by atoms with E-state index in [1.54, 1.807) is 24.3 Å². The van der Waals surface area contributed by atoms with Crippen molar-refractivity contribution < 1.29 is 24.7 Å². The quantitative estimate of drug-likeness (QED) is 0.539. The van der Waals surface area contributed by atoms with Gasteiger partial charge in [-0.3, -0.25) is 19.7 Å². The monoisotopic (exact) mass is 318 g/mol. The highest BCUT2D eigenvalue weighted by Gasteiger charge is 2.31. The zero-order chi connectivity index (χ0) is 17.1. The number of carboxylic acid groups (broad SMARTS) is 2. The molecule has 0 amide bonds. The van der Waals surface area contributed by atoms with Crippen LogP contribution in [0, 0.1) is 16.0 Å². The van der Waals surface area contributed by atoms with Crippen LogP contribution < -0.4 is 5.73 Å². The third-order valence-corrected chi connectivity index (χ3v) is 3.66. The summed E-state index contributed by atoms with van der Waals surface area (Å²) in [6.07, 6.45) is -0.138. The molecule has 0 heterocycles. The summed E-state index contributed by atoms with van der Waals surface area (Å²) >= 11 is 0. The number of non-ortho nitro benzene ring substituents is 1. The molecule has 0 aromatic heterocycles. The lowest BCUT2D eigenvalue weighted by atomic mass is 9.90. The number of fused-ring (bicyclic) bond motifs is 1. The van der Waals surface area contributed by atoms with Crippen molar-refractivity contribution in [2.45, 2.75) is 12.5 Å². The molecule has 0 aliphatic heterocycles. The van der Waals surface area contributed by atoms with Gasteiger partial charge < -0.3 is 15.9 Å². The zero-order valence-electron chi connectivity index (χ0n) is 11.9. The van der Waals surface area contributed by atoms with Crippen LogP contribution in [0.4, 0.5) is 5.69 Å².